The predicted molar refractivity (Wildman–Crippen MR) is 80.0 cm³/mol. The van der Waals surface area contributed by atoms with Crippen molar-refractivity contribution in [3.05, 3.63) is 29.3 Å². The highest BCUT2D eigenvalue weighted by Gasteiger charge is 2.04. The Balaban J connectivity index is 2.06. The van der Waals surface area contributed by atoms with Gasteiger partial charge in [0.05, 0.1) is 0 Å². The van der Waals surface area contributed by atoms with E-state index in [9.17, 15) is 5.11 Å². The molecule has 0 aromatic heterocycles. The Morgan fingerprint density at radius 3 is 2.89 bits per heavy atom. The molecule has 1 rings (SSSR count). The van der Waals surface area contributed by atoms with E-state index < -0.39 is 6.10 Å². The summed E-state index contributed by atoms with van der Waals surface area (Å²) in [7, 11) is 0. The summed E-state index contributed by atoms with van der Waals surface area (Å²) in [6.45, 7) is 3.99. The largest absolute Gasteiger partial charge is 0.491 e. The summed E-state index contributed by atoms with van der Waals surface area (Å²) >= 11 is 5.85. The van der Waals surface area contributed by atoms with Gasteiger partial charge in [0.2, 0.25) is 0 Å². The van der Waals surface area contributed by atoms with Crippen molar-refractivity contribution in [3.63, 3.8) is 0 Å². The number of ether oxygens (including phenoxy) is 1. The predicted octanol–water partition coefficient (Wildman–Crippen LogP) is 3.25. The van der Waals surface area contributed by atoms with Gasteiger partial charge >= 0.3 is 0 Å². The molecule has 108 valence electrons. The van der Waals surface area contributed by atoms with E-state index in [4.69, 9.17) is 16.3 Å². The smallest absolute Gasteiger partial charge is 0.120 e. The van der Waals surface area contributed by atoms with Crippen molar-refractivity contribution in [2.45, 2.75) is 38.7 Å². The second-order valence-corrected chi connectivity index (χ2v) is 5.12. The van der Waals surface area contributed by atoms with Crippen LogP contribution in [-0.4, -0.2) is 30.9 Å². The average molecular weight is 286 g/mol. The molecule has 0 aliphatic carbocycles. The summed E-state index contributed by atoms with van der Waals surface area (Å²) in [6.07, 6.45) is 4.44. The number of unbranched alkanes of at least 4 members (excludes halogenated alkanes) is 3. The molecule has 0 aliphatic heterocycles. The van der Waals surface area contributed by atoms with Crippen molar-refractivity contribution in [2.24, 2.45) is 0 Å². The number of hydrogen-bond acceptors (Lipinski definition) is 3. The van der Waals surface area contributed by atoms with Crippen molar-refractivity contribution >= 4 is 11.6 Å². The Bertz CT molecular complexity index is 347. The Hall–Kier alpha value is -0.770. The standard InChI is InChI=1S/C15H24ClNO2/c1-2-3-4-5-9-17-11-14(18)12-19-15-8-6-7-13(16)10-15/h6-8,10,14,17-18H,2-5,9,11-12H2,1H3/t14-/m1/s1. The molecule has 0 saturated heterocycles. The second-order valence-electron chi connectivity index (χ2n) is 4.69. The Morgan fingerprint density at radius 1 is 1.32 bits per heavy atom. The quantitative estimate of drug-likeness (QED) is 0.649. The molecular weight excluding hydrogens is 262 g/mol. The highest BCUT2D eigenvalue weighted by molar-refractivity contribution is 6.30. The van der Waals surface area contributed by atoms with Crippen LogP contribution in [0.2, 0.25) is 5.02 Å². The third-order valence-corrected chi connectivity index (χ3v) is 3.06. The van der Waals surface area contributed by atoms with Gasteiger partial charge in [0, 0.05) is 11.6 Å². The van der Waals surface area contributed by atoms with Gasteiger partial charge in [0.15, 0.2) is 0 Å². The van der Waals surface area contributed by atoms with Crippen LogP contribution < -0.4 is 10.1 Å². The van der Waals surface area contributed by atoms with E-state index in [1.807, 2.05) is 12.1 Å². The van der Waals surface area contributed by atoms with Gasteiger partial charge in [0.25, 0.3) is 0 Å². The molecule has 4 heteroatoms. The molecule has 0 amide bonds. The van der Waals surface area contributed by atoms with Gasteiger partial charge in [-0.15, -0.1) is 0 Å². The third-order valence-electron chi connectivity index (χ3n) is 2.83. The molecule has 0 spiro atoms. The van der Waals surface area contributed by atoms with Crippen LogP contribution in [0.3, 0.4) is 0 Å². The van der Waals surface area contributed by atoms with Crippen LogP contribution in [0.25, 0.3) is 0 Å². The maximum absolute atomic E-state index is 9.76. The van der Waals surface area contributed by atoms with Crippen LogP contribution in [0.15, 0.2) is 24.3 Å². The SMILES string of the molecule is CCCCCCNC[C@@H](O)COc1cccc(Cl)c1. The number of nitrogens with one attached hydrogen (secondary N) is 1. The van der Waals surface area contributed by atoms with Gasteiger partial charge in [-0.3, -0.25) is 0 Å². The van der Waals surface area contributed by atoms with Crippen LogP contribution in [-0.2, 0) is 0 Å². The Kier molecular flexibility index (Phi) is 8.63. The van der Waals surface area contributed by atoms with Crippen molar-refractivity contribution < 1.29 is 9.84 Å². The van der Waals surface area contributed by atoms with Gasteiger partial charge in [0.1, 0.15) is 18.5 Å². The van der Waals surface area contributed by atoms with Crippen molar-refractivity contribution in [1.82, 2.24) is 5.32 Å². The van der Waals surface area contributed by atoms with E-state index in [1.54, 1.807) is 12.1 Å². The molecule has 0 radical (unpaired) electrons. The topological polar surface area (TPSA) is 41.5 Å². The van der Waals surface area contributed by atoms with Crippen molar-refractivity contribution in [1.29, 1.82) is 0 Å². The van der Waals surface area contributed by atoms with Gasteiger partial charge < -0.3 is 15.2 Å². The summed E-state index contributed by atoms with van der Waals surface area (Å²) in [5.41, 5.74) is 0. The van der Waals surface area contributed by atoms with Crippen molar-refractivity contribution in [2.75, 3.05) is 19.7 Å². The van der Waals surface area contributed by atoms with Crippen LogP contribution in [0, 0.1) is 0 Å². The van der Waals surface area contributed by atoms with Gasteiger partial charge in [-0.05, 0) is 31.2 Å². The molecule has 19 heavy (non-hydrogen) atoms. The van der Waals surface area contributed by atoms with Crippen LogP contribution in [0.1, 0.15) is 32.6 Å². The average Bonchev–Trinajstić information content (AvgIpc) is 2.40. The zero-order valence-corrected chi connectivity index (χ0v) is 12.3. The van der Waals surface area contributed by atoms with Crippen LogP contribution in [0.5, 0.6) is 5.75 Å². The number of rotatable bonds is 10. The Labute approximate surface area is 120 Å². The lowest BCUT2D eigenvalue weighted by molar-refractivity contribution is 0.106. The molecule has 0 bridgehead atoms. The number of hydrogen-bond donors (Lipinski definition) is 2. The van der Waals surface area contributed by atoms with E-state index in [1.165, 1.54) is 19.3 Å². The number of benzene rings is 1. The fourth-order valence-corrected chi connectivity index (χ4v) is 1.93. The lowest BCUT2D eigenvalue weighted by Crippen LogP contribution is -2.32. The minimum absolute atomic E-state index is 0.280. The van der Waals surface area contributed by atoms with Gasteiger partial charge in [-0.2, -0.15) is 0 Å². The lowest BCUT2D eigenvalue weighted by Gasteiger charge is -2.13. The van der Waals surface area contributed by atoms with E-state index >= 15 is 0 Å². The molecule has 2 N–H and O–H groups in total. The van der Waals surface area contributed by atoms with Gasteiger partial charge in [-0.25, -0.2) is 0 Å². The molecule has 0 unspecified atom stereocenters. The number of aliphatic hydroxyl groups excluding tert-OH is 1. The van der Waals surface area contributed by atoms with Crippen LogP contribution >= 0.6 is 11.6 Å². The lowest BCUT2D eigenvalue weighted by atomic mass is 10.2. The summed E-state index contributed by atoms with van der Waals surface area (Å²) in [4.78, 5) is 0. The fraction of sp³-hybridized carbons (Fsp3) is 0.600. The van der Waals surface area contributed by atoms with Gasteiger partial charge in [-0.1, -0.05) is 43.9 Å². The number of aliphatic hydroxyl groups is 1. The first-order chi connectivity index (χ1) is 9.22. The molecule has 1 aromatic carbocycles. The fourth-order valence-electron chi connectivity index (χ4n) is 1.75. The van der Waals surface area contributed by atoms with E-state index in [-0.39, 0.29) is 6.61 Å². The van der Waals surface area contributed by atoms with E-state index in [0.717, 1.165) is 13.0 Å². The molecule has 0 heterocycles. The zero-order valence-electron chi connectivity index (χ0n) is 11.6. The first-order valence-electron chi connectivity index (χ1n) is 6.99. The maximum Gasteiger partial charge on any atom is 0.120 e. The highest BCUT2D eigenvalue weighted by Crippen LogP contribution is 2.17. The normalized spacial score (nSPS) is 12.4. The minimum atomic E-state index is -0.495. The summed E-state index contributed by atoms with van der Waals surface area (Å²) in [6, 6.07) is 7.20. The summed E-state index contributed by atoms with van der Waals surface area (Å²) in [5, 5.41) is 13.6. The molecule has 0 fully saturated rings. The summed E-state index contributed by atoms with van der Waals surface area (Å²) < 4.78 is 5.47. The zero-order chi connectivity index (χ0) is 13.9. The molecular formula is C15H24ClNO2. The molecule has 1 aromatic rings. The second kappa shape index (κ2) is 10.1. The third kappa shape index (κ3) is 8.09. The summed E-state index contributed by atoms with van der Waals surface area (Å²) in [5.74, 6) is 0.689. The monoisotopic (exact) mass is 285 g/mol. The highest BCUT2D eigenvalue weighted by atomic mass is 35.5. The molecule has 0 aliphatic rings. The van der Waals surface area contributed by atoms with Crippen molar-refractivity contribution in [3.8, 4) is 5.75 Å². The van der Waals surface area contributed by atoms with Crippen LogP contribution in [0.4, 0.5) is 0 Å². The molecule has 1 atom stereocenters. The number of halogens is 1. The van der Waals surface area contributed by atoms with E-state index in [0.29, 0.717) is 17.3 Å². The van der Waals surface area contributed by atoms with E-state index in [2.05, 4.69) is 12.2 Å². The Morgan fingerprint density at radius 2 is 2.16 bits per heavy atom. The minimum Gasteiger partial charge on any atom is -0.491 e. The molecule has 3 nitrogen and oxygen atoms in total. The first kappa shape index (κ1) is 16.3. The first-order valence-corrected chi connectivity index (χ1v) is 7.37. The maximum atomic E-state index is 9.76. The molecule has 0 saturated carbocycles.